The van der Waals surface area contributed by atoms with Crippen molar-refractivity contribution in [2.24, 2.45) is 0 Å². The van der Waals surface area contributed by atoms with Crippen molar-refractivity contribution >= 4 is 29.2 Å². The maximum Gasteiger partial charge on any atom is 0.288 e. The third-order valence-electron chi connectivity index (χ3n) is 2.48. The number of rotatable bonds is 5. The molecule has 1 aromatic carbocycles. The topological polar surface area (TPSA) is 73.0 Å². The lowest BCUT2D eigenvalue weighted by molar-refractivity contribution is -0.384. The van der Waals surface area contributed by atoms with Crippen LogP contribution in [0.15, 0.2) is 37.2 Å². The molecule has 7 heteroatoms. The summed E-state index contributed by atoms with van der Waals surface area (Å²) in [6.07, 6.45) is 5.13. The molecule has 0 saturated heterocycles. The van der Waals surface area contributed by atoms with E-state index in [4.69, 9.17) is 11.6 Å². The van der Waals surface area contributed by atoms with Crippen LogP contribution >= 0.6 is 11.6 Å². The Bertz CT molecular complexity index is 624. The van der Waals surface area contributed by atoms with Crippen LogP contribution in [-0.4, -0.2) is 14.7 Å². The minimum absolute atomic E-state index is 0.105. The molecular formula is C12H11ClN4O2. The van der Waals surface area contributed by atoms with Crippen LogP contribution in [-0.2, 0) is 6.54 Å². The summed E-state index contributed by atoms with van der Waals surface area (Å²) in [7, 11) is 0. The fourth-order valence-corrected chi connectivity index (χ4v) is 1.79. The second-order valence-corrected chi connectivity index (χ2v) is 4.20. The number of halogens is 1. The van der Waals surface area contributed by atoms with E-state index in [0.29, 0.717) is 12.2 Å². The lowest BCUT2D eigenvalue weighted by atomic mass is 10.2. The molecule has 0 saturated carbocycles. The Hall–Kier alpha value is -2.34. The maximum absolute atomic E-state index is 10.6. The van der Waals surface area contributed by atoms with Gasteiger partial charge >= 0.3 is 0 Å². The van der Waals surface area contributed by atoms with Crippen molar-refractivity contribution < 1.29 is 4.92 Å². The van der Waals surface area contributed by atoms with E-state index in [1.807, 2.05) is 6.20 Å². The summed E-state index contributed by atoms with van der Waals surface area (Å²) in [6, 6.07) is 4.51. The first-order chi connectivity index (χ1) is 9.10. The molecule has 0 spiro atoms. The minimum Gasteiger partial charge on any atom is -0.381 e. The molecule has 0 fully saturated rings. The Morgan fingerprint density at radius 2 is 2.37 bits per heavy atom. The van der Waals surface area contributed by atoms with E-state index in [2.05, 4.69) is 17.0 Å². The molecule has 0 aliphatic rings. The minimum atomic E-state index is -0.514. The summed E-state index contributed by atoms with van der Waals surface area (Å²) in [4.78, 5) is 10.1. The first-order valence-electron chi connectivity index (χ1n) is 5.43. The predicted molar refractivity (Wildman–Crippen MR) is 74.0 cm³/mol. The van der Waals surface area contributed by atoms with Crippen LogP contribution in [0.25, 0.3) is 6.20 Å². The third-order valence-corrected chi connectivity index (χ3v) is 2.79. The summed E-state index contributed by atoms with van der Waals surface area (Å²) in [5.41, 5.74) is 1.57. The van der Waals surface area contributed by atoms with Crippen molar-refractivity contribution in [1.82, 2.24) is 9.78 Å². The number of anilines is 1. The van der Waals surface area contributed by atoms with Gasteiger partial charge in [0.25, 0.3) is 5.69 Å². The lowest BCUT2D eigenvalue weighted by Crippen LogP contribution is -1.99. The smallest absolute Gasteiger partial charge is 0.288 e. The monoisotopic (exact) mass is 278 g/mol. The van der Waals surface area contributed by atoms with E-state index >= 15 is 0 Å². The molecule has 0 aliphatic heterocycles. The van der Waals surface area contributed by atoms with Crippen molar-refractivity contribution in [2.45, 2.75) is 6.54 Å². The number of nitrogens with zero attached hydrogens (tertiary/aromatic N) is 3. The summed E-state index contributed by atoms with van der Waals surface area (Å²) >= 11 is 5.82. The third kappa shape index (κ3) is 3.11. The van der Waals surface area contributed by atoms with Crippen molar-refractivity contribution in [1.29, 1.82) is 0 Å². The van der Waals surface area contributed by atoms with Crippen molar-refractivity contribution in [3.63, 3.8) is 0 Å². The van der Waals surface area contributed by atoms with Gasteiger partial charge in [-0.05, 0) is 12.1 Å². The lowest BCUT2D eigenvalue weighted by Gasteiger charge is -2.05. The van der Waals surface area contributed by atoms with Gasteiger partial charge < -0.3 is 5.32 Å². The van der Waals surface area contributed by atoms with Gasteiger partial charge in [-0.2, -0.15) is 5.10 Å². The first kappa shape index (κ1) is 13.1. The van der Waals surface area contributed by atoms with E-state index in [1.54, 1.807) is 23.1 Å². The molecule has 0 unspecified atom stereocenters. The molecule has 0 atom stereocenters. The SMILES string of the molecule is C=Cn1cc(CNc2ccc([N+](=O)[O-])c(Cl)c2)cn1. The standard InChI is InChI=1S/C12H11ClN4O2/c1-2-16-8-9(7-15-16)6-14-10-3-4-12(17(18)19)11(13)5-10/h2-5,7-8,14H,1,6H2. The predicted octanol–water partition coefficient (Wildman–Crippen LogP) is 3.16. The molecule has 19 heavy (non-hydrogen) atoms. The van der Waals surface area contributed by atoms with Crippen LogP contribution in [0, 0.1) is 10.1 Å². The van der Waals surface area contributed by atoms with Gasteiger partial charge in [0.2, 0.25) is 0 Å². The summed E-state index contributed by atoms with van der Waals surface area (Å²) in [5.74, 6) is 0. The second-order valence-electron chi connectivity index (χ2n) is 3.79. The molecule has 1 N–H and O–H groups in total. The molecule has 0 radical (unpaired) electrons. The number of nitro groups is 1. The molecule has 0 bridgehead atoms. The van der Waals surface area contributed by atoms with Crippen LogP contribution < -0.4 is 5.32 Å². The molecule has 0 amide bonds. The fourth-order valence-electron chi connectivity index (χ4n) is 1.54. The number of benzene rings is 1. The van der Waals surface area contributed by atoms with Crippen LogP contribution in [0.4, 0.5) is 11.4 Å². The number of aromatic nitrogens is 2. The van der Waals surface area contributed by atoms with Gasteiger partial charge in [-0.15, -0.1) is 0 Å². The summed E-state index contributed by atoms with van der Waals surface area (Å²) in [6.45, 7) is 4.14. The Morgan fingerprint density at radius 3 is 2.95 bits per heavy atom. The quantitative estimate of drug-likeness (QED) is 0.673. The van der Waals surface area contributed by atoms with Crippen molar-refractivity contribution in [3.8, 4) is 0 Å². The van der Waals surface area contributed by atoms with Gasteiger partial charge in [-0.3, -0.25) is 10.1 Å². The average Bonchev–Trinajstić information content (AvgIpc) is 2.84. The summed E-state index contributed by atoms with van der Waals surface area (Å²) in [5, 5.41) is 17.9. The Kier molecular flexibility index (Phi) is 3.82. The zero-order chi connectivity index (χ0) is 13.8. The maximum atomic E-state index is 10.6. The Labute approximate surface area is 114 Å². The van der Waals surface area contributed by atoms with Crippen LogP contribution in [0.1, 0.15) is 5.56 Å². The molecule has 0 aliphatic carbocycles. The molecular weight excluding hydrogens is 268 g/mol. The number of nitrogens with one attached hydrogen (secondary N) is 1. The molecule has 1 heterocycles. The highest BCUT2D eigenvalue weighted by molar-refractivity contribution is 6.32. The van der Waals surface area contributed by atoms with Crippen molar-refractivity contribution in [3.05, 3.63) is 57.9 Å². The van der Waals surface area contributed by atoms with Gasteiger partial charge in [0.1, 0.15) is 5.02 Å². The zero-order valence-corrected chi connectivity index (χ0v) is 10.7. The van der Waals surface area contributed by atoms with E-state index in [0.717, 1.165) is 5.56 Å². The molecule has 98 valence electrons. The molecule has 2 aromatic rings. The van der Waals surface area contributed by atoms with E-state index in [9.17, 15) is 10.1 Å². The van der Waals surface area contributed by atoms with Crippen LogP contribution in [0.3, 0.4) is 0 Å². The highest BCUT2D eigenvalue weighted by atomic mass is 35.5. The van der Waals surface area contributed by atoms with E-state index < -0.39 is 4.92 Å². The van der Waals surface area contributed by atoms with Crippen molar-refractivity contribution in [2.75, 3.05) is 5.32 Å². The summed E-state index contributed by atoms with van der Waals surface area (Å²) < 4.78 is 1.60. The van der Waals surface area contributed by atoms with Gasteiger partial charge in [0.15, 0.2) is 0 Å². The Morgan fingerprint density at radius 1 is 1.58 bits per heavy atom. The fraction of sp³-hybridized carbons (Fsp3) is 0.0833. The van der Waals surface area contributed by atoms with Gasteiger partial charge in [-0.25, -0.2) is 4.68 Å². The zero-order valence-electron chi connectivity index (χ0n) is 9.91. The normalized spacial score (nSPS) is 10.2. The average molecular weight is 279 g/mol. The highest BCUT2D eigenvalue weighted by Gasteiger charge is 2.11. The van der Waals surface area contributed by atoms with Gasteiger partial charge in [-0.1, -0.05) is 18.2 Å². The number of hydrogen-bond acceptors (Lipinski definition) is 4. The van der Waals surface area contributed by atoms with Gasteiger partial charge in [0.05, 0.1) is 11.1 Å². The largest absolute Gasteiger partial charge is 0.381 e. The van der Waals surface area contributed by atoms with Crippen LogP contribution in [0.5, 0.6) is 0 Å². The molecule has 6 nitrogen and oxygen atoms in total. The number of hydrogen-bond donors (Lipinski definition) is 1. The number of nitro benzene ring substituents is 1. The first-order valence-corrected chi connectivity index (χ1v) is 5.81. The Balaban J connectivity index is 2.05. The van der Waals surface area contributed by atoms with Crippen LogP contribution in [0.2, 0.25) is 5.02 Å². The van der Waals surface area contributed by atoms with E-state index in [1.165, 1.54) is 12.1 Å². The highest BCUT2D eigenvalue weighted by Crippen LogP contribution is 2.27. The molecule has 2 rings (SSSR count). The van der Waals surface area contributed by atoms with Gasteiger partial charge in [0, 0.05) is 36.3 Å². The second kappa shape index (κ2) is 5.53. The van der Waals surface area contributed by atoms with E-state index in [-0.39, 0.29) is 10.7 Å². The molecule has 1 aromatic heterocycles.